The van der Waals surface area contributed by atoms with E-state index in [1.807, 2.05) is 51.0 Å². The van der Waals surface area contributed by atoms with Crippen molar-refractivity contribution in [1.82, 2.24) is 10.2 Å². The Hall–Kier alpha value is -2.86. The SMILES string of the molecule is Cc1ccc2c(=O)cc(C(=O)NCC(c3ccc(C)o3)N(C)C)oc2c1. The predicted octanol–water partition coefficient (Wildman–Crippen LogP) is 3.04. The highest BCUT2D eigenvalue weighted by molar-refractivity contribution is 5.93. The number of likely N-dealkylation sites (N-methyl/N-ethyl adjacent to an activating group) is 1. The molecular formula is C20H22N2O4. The van der Waals surface area contributed by atoms with Crippen LogP contribution in [0.2, 0.25) is 0 Å². The third kappa shape index (κ3) is 3.70. The van der Waals surface area contributed by atoms with Gasteiger partial charge in [0, 0.05) is 12.6 Å². The third-order valence-corrected chi connectivity index (χ3v) is 4.28. The summed E-state index contributed by atoms with van der Waals surface area (Å²) in [4.78, 5) is 26.7. The second-order valence-electron chi connectivity index (χ2n) is 6.61. The molecule has 6 nitrogen and oxygen atoms in total. The smallest absolute Gasteiger partial charge is 0.287 e. The van der Waals surface area contributed by atoms with Crippen LogP contribution in [0.3, 0.4) is 0 Å². The van der Waals surface area contributed by atoms with Gasteiger partial charge in [-0.15, -0.1) is 0 Å². The predicted molar refractivity (Wildman–Crippen MR) is 99.4 cm³/mol. The molecule has 1 atom stereocenters. The van der Waals surface area contributed by atoms with Crippen LogP contribution in [0.15, 0.2) is 50.0 Å². The molecule has 0 radical (unpaired) electrons. The number of rotatable bonds is 5. The molecule has 1 aromatic carbocycles. The summed E-state index contributed by atoms with van der Waals surface area (Å²) < 4.78 is 11.3. The van der Waals surface area contributed by atoms with Crippen LogP contribution in [-0.4, -0.2) is 31.4 Å². The van der Waals surface area contributed by atoms with Crippen molar-refractivity contribution in [3.8, 4) is 0 Å². The molecule has 3 rings (SSSR count). The highest BCUT2D eigenvalue weighted by Crippen LogP contribution is 2.20. The first-order chi connectivity index (χ1) is 12.3. The molecule has 136 valence electrons. The molecule has 0 aliphatic heterocycles. The van der Waals surface area contributed by atoms with Gasteiger partial charge in [0.25, 0.3) is 5.91 Å². The molecule has 0 fully saturated rings. The number of aryl methyl sites for hydroxylation is 2. The van der Waals surface area contributed by atoms with Gasteiger partial charge in [-0.2, -0.15) is 0 Å². The summed E-state index contributed by atoms with van der Waals surface area (Å²) in [6.07, 6.45) is 0. The molecular weight excluding hydrogens is 332 g/mol. The molecule has 0 aliphatic rings. The molecule has 0 aliphatic carbocycles. The first kappa shape index (κ1) is 17.9. The van der Waals surface area contributed by atoms with Gasteiger partial charge in [0.05, 0.1) is 11.4 Å². The van der Waals surface area contributed by atoms with Crippen LogP contribution in [0.4, 0.5) is 0 Å². The lowest BCUT2D eigenvalue weighted by molar-refractivity contribution is 0.0911. The van der Waals surface area contributed by atoms with Crippen LogP contribution in [0.1, 0.15) is 33.7 Å². The minimum atomic E-state index is -0.430. The van der Waals surface area contributed by atoms with Crippen molar-refractivity contribution < 1.29 is 13.6 Å². The maximum atomic E-state index is 12.5. The van der Waals surface area contributed by atoms with Crippen molar-refractivity contribution in [3.63, 3.8) is 0 Å². The van der Waals surface area contributed by atoms with Crippen LogP contribution in [0.5, 0.6) is 0 Å². The fourth-order valence-corrected chi connectivity index (χ4v) is 2.82. The average molecular weight is 354 g/mol. The number of benzene rings is 1. The Bertz CT molecular complexity index is 1000. The number of carbonyl (C=O) groups excluding carboxylic acids is 1. The highest BCUT2D eigenvalue weighted by atomic mass is 16.3. The zero-order valence-electron chi connectivity index (χ0n) is 15.3. The Kier molecular flexibility index (Phi) is 4.95. The fourth-order valence-electron chi connectivity index (χ4n) is 2.82. The van der Waals surface area contributed by atoms with E-state index in [0.29, 0.717) is 17.5 Å². The van der Waals surface area contributed by atoms with Gasteiger partial charge in [0.2, 0.25) is 0 Å². The molecule has 2 aromatic heterocycles. The molecule has 6 heteroatoms. The summed E-state index contributed by atoms with van der Waals surface area (Å²) in [5, 5.41) is 3.28. The molecule has 26 heavy (non-hydrogen) atoms. The van der Waals surface area contributed by atoms with Crippen LogP contribution in [0, 0.1) is 13.8 Å². The van der Waals surface area contributed by atoms with Crippen LogP contribution >= 0.6 is 0 Å². The first-order valence-electron chi connectivity index (χ1n) is 8.40. The number of hydrogen-bond donors (Lipinski definition) is 1. The second-order valence-corrected chi connectivity index (χ2v) is 6.61. The van der Waals surface area contributed by atoms with E-state index < -0.39 is 5.91 Å². The summed E-state index contributed by atoms with van der Waals surface area (Å²) in [6, 6.07) is 10.2. The van der Waals surface area contributed by atoms with Gasteiger partial charge < -0.3 is 14.2 Å². The first-order valence-corrected chi connectivity index (χ1v) is 8.40. The van der Waals surface area contributed by atoms with Crippen molar-refractivity contribution in [2.75, 3.05) is 20.6 Å². The van der Waals surface area contributed by atoms with Gasteiger partial charge in [0.15, 0.2) is 11.2 Å². The van der Waals surface area contributed by atoms with Crippen molar-refractivity contribution >= 4 is 16.9 Å². The largest absolute Gasteiger partial charge is 0.465 e. The van der Waals surface area contributed by atoms with E-state index >= 15 is 0 Å². The van der Waals surface area contributed by atoms with Gasteiger partial charge in [-0.3, -0.25) is 14.5 Å². The average Bonchev–Trinajstić information content (AvgIpc) is 3.00. The minimum absolute atomic E-state index is 0.00114. The van der Waals surface area contributed by atoms with Gasteiger partial charge in [0.1, 0.15) is 17.1 Å². The van der Waals surface area contributed by atoms with E-state index in [-0.39, 0.29) is 17.2 Å². The van der Waals surface area contributed by atoms with Gasteiger partial charge in [-0.1, -0.05) is 6.07 Å². The molecule has 1 N–H and O–H groups in total. The highest BCUT2D eigenvalue weighted by Gasteiger charge is 2.20. The van der Waals surface area contributed by atoms with Crippen molar-refractivity contribution in [3.05, 3.63) is 69.5 Å². The quantitative estimate of drug-likeness (QED) is 0.762. The number of fused-ring (bicyclic) bond motifs is 1. The monoisotopic (exact) mass is 354 g/mol. The van der Waals surface area contributed by atoms with Crippen LogP contribution in [0.25, 0.3) is 11.0 Å². The lowest BCUT2D eigenvalue weighted by atomic mass is 10.1. The Balaban J connectivity index is 1.81. The maximum Gasteiger partial charge on any atom is 0.287 e. The van der Waals surface area contributed by atoms with Gasteiger partial charge in [-0.05, 0) is 57.8 Å². The van der Waals surface area contributed by atoms with E-state index in [1.165, 1.54) is 6.07 Å². The van der Waals surface area contributed by atoms with E-state index in [4.69, 9.17) is 8.83 Å². The van der Waals surface area contributed by atoms with E-state index in [0.717, 1.165) is 17.1 Å². The summed E-state index contributed by atoms with van der Waals surface area (Å²) in [5.74, 6) is 1.15. The van der Waals surface area contributed by atoms with E-state index in [2.05, 4.69) is 5.32 Å². The molecule has 0 spiro atoms. The Labute approximate surface area is 151 Å². The number of carbonyl (C=O) groups is 1. The number of nitrogens with one attached hydrogen (secondary N) is 1. The van der Waals surface area contributed by atoms with E-state index in [1.54, 1.807) is 12.1 Å². The number of furan rings is 1. The number of nitrogens with zero attached hydrogens (tertiary/aromatic N) is 1. The standard InChI is InChI=1S/C20H22N2O4/c1-12-5-7-14-16(23)10-19(26-18(14)9-12)20(24)21-11-15(22(3)4)17-8-6-13(2)25-17/h5-10,15H,11H2,1-4H3,(H,21,24). The molecule has 0 bridgehead atoms. The van der Waals surface area contributed by atoms with Crippen molar-refractivity contribution in [1.29, 1.82) is 0 Å². The minimum Gasteiger partial charge on any atom is -0.465 e. The summed E-state index contributed by atoms with van der Waals surface area (Å²) in [6.45, 7) is 4.11. The lowest BCUT2D eigenvalue weighted by Gasteiger charge is -2.22. The summed E-state index contributed by atoms with van der Waals surface area (Å²) in [5.41, 5.74) is 1.13. The summed E-state index contributed by atoms with van der Waals surface area (Å²) in [7, 11) is 3.82. The van der Waals surface area contributed by atoms with Crippen LogP contribution < -0.4 is 10.7 Å². The van der Waals surface area contributed by atoms with Crippen LogP contribution in [-0.2, 0) is 0 Å². The Morgan fingerprint density at radius 1 is 1.12 bits per heavy atom. The normalized spacial score (nSPS) is 12.5. The molecule has 1 amide bonds. The Morgan fingerprint density at radius 3 is 2.54 bits per heavy atom. The second kappa shape index (κ2) is 7.17. The van der Waals surface area contributed by atoms with Gasteiger partial charge >= 0.3 is 0 Å². The molecule has 2 heterocycles. The summed E-state index contributed by atoms with van der Waals surface area (Å²) >= 11 is 0. The zero-order chi connectivity index (χ0) is 18.8. The number of amides is 1. The van der Waals surface area contributed by atoms with E-state index in [9.17, 15) is 9.59 Å². The van der Waals surface area contributed by atoms with Crippen molar-refractivity contribution in [2.24, 2.45) is 0 Å². The molecule has 3 aromatic rings. The number of hydrogen-bond acceptors (Lipinski definition) is 5. The lowest BCUT2D eigenvalue weighted by Crippen LogP contribution is -2.34. The molecule has 1 unspecified atom stereocenters. The fraction of sp³-hybridized carbons (Fsp3) is 0.300. The van der Waals surface area contributed by atoms with Crippen molar-refractivity contribution in [2.45, 2.75) is 19.9 Å². The van der Waals surface area contributed by atoms with Gasteiger partial charge in [-0.25, -0.2) is 0 Å². The zero-order valence-corrected chi connectivity index (χ0v) is 15.3. The third-order valence-electron chi connectivity index (χ3n) is 4.28. The molecule has 0 saturated heterocycles. The maximum absolute atomic E-state index is 12.5. The molecule has 0 saturated carbocycles. The topological polar surface area (TPSA) is 75.7 Å². The Morgan fingerprint density at radius 2 is 1.88 bits per heavy atom.